The van der Waals surface area contributed by atoms with E-state index in [0.29, 0.717) is 12.3 Å². The molecule has 0 unspecified atom stereocenters. The number of hydrogen-bond donors (Lipinski definition) is 2. The summed E-state index contributed by atoms with van der Waals surface area (Å²) >= 11 is 3.40. The van der Waals surface area contributed by atoms with Gasteiger partial charge < -0.3 is 24.8 Å². The molecule has 190 valence electrons. The molecule has 9 heteroatoms. The summed E-state index contributed by atoms with van der Waals surface area (Å²) in [5.74, 6) is 0.257. The third-order valence-electron chi connectivity index (χ3n) is 4.56. The minimum Gasteiger partial charge on any atom is -0.444 e. The Kier molecular flexibility index (Phi) is 10.6. The molecular weight excluding hydrogens is 516 g/mol. The Morgan fingerprint density at radius 1 is 1.00 bits per heavy atom. The zero-order chi connectivity index (χ0) is 26.0. The molecule has 0 aromatic heterocycles. The Hall–Kier alpha value is -3.07. The van der Waals surface area contributed by atoms with Crippen molar-refractivity contribution in [3.05, 3.63) is 64.1 Å². The number of hydrogen-bond acceptors (Lipinski definition) is 6. The fourth-order valence-corrected chi connectivity index (χ4v) is 3.29. The van der Waals surface area contributed by atoms with Crippen LogP contribution in [0.5, 0.6) is 5.75 Å². The molecule has 1 atom stereocenters. The molecule has 0 aliphatic rings. The van der Waals surface area contributed by atoms with Crippen molar-refractivity contribution in [2.75, 3.05) is 6.54 Å². The smallest absolute Gasteiger partial charge is 0.444 e. The average Bonchev–Trinajstić information content (AvgIpc) is 2.76. The lowest BCUT2D eigenvalue weighted by atomic mass is 10.0. The molecule has 0 fully saturated rings. The largest absolute Gasteiger partial charge is 0.514 e. The van der Waals surface area contributed by atoms with Gasteiger partial charge in [0.15, 0.2) is 0 Å². The molecule has 0 aliphatic carbocycles. The van der Waals surface area contributed by atoms with E-state index in [4.69, 9.17) is 14.2 Å². The first-order valence-electron chi connectivity index (χ1n) is 11.4. The van der Waals surface area contributed by atoms with Crippen LogP contribution >= 0.6 is 15.9 Å². The summed E-state index contributed by atoms with van der Waals surface area (Å²) in [4.78, 5) is 37.0. The van der Waals surface area contributed by atoms with Crippen molar-refractivity contribution >= 4 is 34.1 Å². The van der Waals surface area contributed by atoms with E-state index < -0.39 is 23.9 Å². The molecule has 2 aromatic rings. The Labute approximate surface area is 214 Å². The fraction of sp³-hybridized carbons (Fsp3) is 0.423. The number of amides is 2. The Bertz CT molecular complexity index is 1000. The molecule has 0 aliphatic heterocycles. The third-order valence-corrected chi connectivity index (χ3v) is 5.33. The van der Waals surface area contributed by atoms with E-state index in [1.54, 1.807) is 45.0 Å². The van der Waals surface area contributed by atoms with Gasteiger partial charge in [0.05, 0.1) is 0 Å². The normalized spacial score (nSPS) is 12.0. The van der Waals surface area contributed by atoms with Crippen LogP contribution in [0.25, 0.3) is 0 Å². The highest BCUT2D eigenvalue weighted by Crippen LogP contribution is 2.18. The van der Waals surface area contributed by atoms with Crippen molar-refractivity contribution in [1.82, 2.24) is 10.6 Å². The van der Waals surface area contributed by atoms with E-state index in [-0.39, 0.29) is 24.9 Å². The lowest BCUT2D eigenvalue weighted by molar-refractivity contribution is -0.123. The van der Waals surface area contributed by atoms with Crippen LogP contribution in [0, 0.1) is 5.92 Å². The Morgan fingerprint density at radius 3 is 2.26 bits per heavy atom. The average molecular weight is 549 g/mol. The molecule has 0 spiro atoms. The van der Waals surface area contributed by atoms with Gasteiger partial charge in [-0.3, -0.25) is 4.79 Å². The summed E-state index contributed by atoms with van der Waals surface area (Å²) in [5.41, 5.74) is 0.895. The van der Waals surface area contributed by atoms with Crippen LogP contribution in [0.15, 0.2) is 53.0 Å². The highest BCUT2D eigenvalue weighted by atomic mass is 79.9. The van der Waals surface area contributed by atoms with Crippen LogP contribution in [0.2, 0.25) is 0 Å². The van der Waals surface area contributed by atoms with E-state index >= 15 is 0 Å². The van der Waals surface area contributed by atoms with Gasteiger partial charge in [-0.2, -0.15) is 0 Å². The molecule has 2 rings (SSSR count). The van der Waals surface area contributed by atoms with Crippen LogP contribution in [-0.2, 0) is 27.3 Å². The number of alkyl carbamates (subject to hydrolysis) is 1. The van der Waals surface area contributed by atoms with Gasteiger partial charge in [0.25, 0.3) is 0 Å². The van der Waals surface area contributed by atoms with Gasteiger partial charge in [-0.05, 0) is 50.5 Å². The second-order valence-corrected chi connectivity index (χ2v) is 10.3. The van der Waals surface area contributed by atoms with Gasteiger partial charge >= 0.3 is 12.2 Å². The predicted octanol–water partition coefficient (Wildman–Crippen LogP) is 5.37. The summed E-state index contributed by atoms with van der Waals surface area (Å²) in [6, 6.07) is 13.2. The highest BCUT2D eigenvalue weighted by molar-refractivity contribution is 9.10. The van der Waals surface area contributed by atoms with Gasteiger partial charge in [0.1, 0.15) is 24.0 Å². The number of carbonyl (C=O) groups is 3. The summed E-state index contributed by atoms with van der Waals surface area (Å²) in [6.07, 6.45) is -1.27. The molecule has 2 aromatic carbocycles. The first-order chi connectivity index (χ1) is 16.4. The lowest BCUT2D eigenvalue weighted by Crippen LogP contribution is -2.49. The van der Waals surface area contributed by atoms with Crippen LogP contribution in [0.4, 0.5) is 9.59 Å². The zero-order valence-corrected chi connectivity index (χ0v) is 22.3. The molecular formula is C26H33BrN2O6. The number of carbonyl (C=O) groups excluding carboxylic acids is 3. The van der Waals surface area contributed by atoms with Crippen molar-refractivity contribution < 1.29 is 28.6 Å². The summed E-state index contributed by atoms with van der Waals surface area (Å²) in [7, 11) is 0. The molecule has 0 bridgehead atoms. The second-order valence-electron chi connectivity index (χ2n) is 9.42. The Morgan fingerprint density at radius 2 is 1.66 bits per heavy atom. The minimum absolute atomic E-state index is 0.0713. The molecule has 35 heavy (non-hydrogen) atoms. The first kappa shape index (κ1) is 28.2. The van der Waals surface area contributed by atoms with Crippen LogP contribution < -0.4 is 15.4 Å². The molecule has 8 nitrogen and oxygen atoms in total. The third kappa shape index (κ3) is 10.8. The van der Waals surface area contributed by atoms with Gasteiger partial charge in [-0.25, -0.2) is 9.59 Å². The summed E-state index contributed by atoms with van der Waals surface area (Å²) in [5, 5.41) is 5.49. The maximum Gasteiger partial charge on any atom is 0.514 e. The van der Waals surface area contributed by atoms with Crippen molar-refractivity contribution in [2.45, 2.75) is 59.3 Å². The van der Waals surface area contributed by atoms with E-state index in [0.717, 1.165) is 15.6 Å². The topological polar surface area (TPSA) is 103 Å². The number of halogens is 1. The summed E-state index contributed by atoms with van der Waals surface area (Å²) < 4.78 is 16.5. The second kappa shape index (κ2) is 13.1. The van der Waals surface area contributed by atoms with Crippen LogP contribution in [0.1, 0.15) is 45.7 Å². The Balaban J connectivity index is 1.98. The highest BCUT2D eigenvalue weighted by Gasteiger charge is 2.25. The quantitative estimate of drug-likeness (QED) is 0.322. The SMILES string of the molecule is CC(C)CNC(=O)[C@H](Cc1ccc(OC(=O)OCc2ccccc2Br)cc1)NC(=O)OC(C)(C)C. The van der Waals surface area contributed by atoms with E-state index in [1.807, 2.05) is 38.1 Å². The zero-order valence-electron chi connectivity index (χ0n) is 20.7. The molecule has 0 saturated carbocycles. The number of nitrogens with one attached hydrogen (secondary N) is 2. The number of rotatable bonds is 9. The van der Waals surface area contributed by atoms with Gasteiger partial charge in [-0.15, -0.1) is 0 Å². The number of benzene rings is 2. The van der Waals surface area contributed by atoms with Gasteiger partial charge in [0.2, 0.25) is 5.91 Å². The maximum absolute atomic E-state index is 12.7. The first-order valence-corrected chi connectivity index (χ1v) is 12.2. The maximum atomic E-state index is 12.7. The van der Waals surface area contributed by atoms with Crippen LogP contribution in [-0.4, -0.2) is 36.3 Å². The number of ether oxygens (including phenoxy) is 3. The van der Waals surface area contributed by atoms with E-state index in [2.05, 4.69) is 26.6 Å². The molecule has 0 saturated heterocycles. The predicted molar refractivity (Wildman–Crippen MR) is 136 cm³/mol. The van der Waals surface area contributed by atoms with E-state index in [1.165, 1.54) is 0 Å². The summed E-state index contributed by atoms with van der Waals surface area (Å²) in [6.45, 7) is 9.79. The molecule has 2 amide bonds. The molecule has 0 heterocycles. The standard InChI is InChI=1S/C26H33BrN2O6/c1-17(2)15-28-23(30)22(29-24(31)35-26(3,4)5)14-18-10-12-20(13-11-18)34-25(32)33-16-19-8-6-7-9-21(19)27/h6-13,17,22H,14-16H2,1-5H3,(H,28,30)(H,29,31)/t22-/m0/s1. The fourth-order valence-electron chi connectivity index (χ4n) is 2.89. The van der Waals surface area contributed by atoms with Gasteiger partial charge in [0, 0.05) is 23.0 Å². The molecule has 0 radical (unpaired) electrons. The van der Waals surface area contributed by atoms with Crippen molar-refractivity contribution in [1.29, 1.82) is 0 Å². The van der Waals surface area contributed by atoms with Crippen molar-refractivity contribution in [3.63, 3.8) is 0 Å². The molecule has 2 N–H and O–H groups in total. The van der Waals surface area contributed by atoms with Crippen molar-refractivity contribution in [3.8, 4) is 5.75 Å². The van der Waals surface area contributed by atoms with Crippen LogP contribution in [0.3, 0.4) is 0 Å². The minimum atomic E-state index is -0.829. The van der Waals surface area contributed by atoms with Crippen molar-refractivity contribution in [2.24, 2.45) is 5.92 Å². The van der Waals surface area contributed by atoms with Gasteiger partial charge in [-0.1, -0.05) is 60.1 Å². The lowest BCUT2D eigenvalue weighted by Gasteiger charge is -2.23. The monoisotopic (exact) mass is 548 g/mol. The van der Waals surface area contributed by atoms with E-state index in [9.17, 15) is 14.4 Å².